The van der Waals surface area contributed by atoms with E-state index in [0.717, 1.165) is 18.4 Å². The first kappa shape index (κ1) is 16.4. The third kappa shape index (κ3) is 3.63. The van der Waals surface area contributed by atoms with Gasteiger partial charge in [-0.2, -0.15) is 0 Å². The Kier molecular flexibility index (Phi) is 5.90. The minimum Gasteiger partial charge on any atom is -0.355 e. The van der Waals surface area contributed by atoms with Gasteiger partial charge in [-0.3, -0.25) is 9.00 Å². The number of hydrogen-bond donors (Lipinski definition) is 1. The van der Waals surface area contributed by atoms with Gasteiger partial charge in [0.1, 0.15) is 0 Å². The summed E-state index contributed by atoms with van der Waals surface area (Å²) in [5, 5.41) is 2.51. The van der Waals surface area contributed by atoms with Gasteiger partial charge in [0.2, 0.25) is 0 Å². The van der Waals surface area contributed by atoms with Gasteiger partial charge >= 0.3 is 0 Å². The molecule has 0 fully saturated rings. The molecule has 0 saturated heterocycles. The summed E-state index contributed by atoms with van der Waals surface area (Å²) in [6.07, 6.45) is 1.76. The van der Waals surface area contributed by atoms with Gasteiger partial charge in [0.25, 0.3) is 5.91 Å². The lowest BCUT2D eigenvalue weighted by atomic mass is 10.1. The van der Waals surface area contributed by atoms with Crippen molar-refractivity contribution in [1.29, 1.82) is 0 Å². The molecule has 0 aromatic heterocycles. The molecule has 0 aliphatic heterocycles. The zero-order valence-electron chi connectivity index (χ0n) is 12.9. The van der Waals surface area contributed by atoms with Crippen molar-refractivity contribution < 1.29 is 9.00 Å². The lowest BCUT2D eigenvalue weighted by Gasteiger charge is -2.18. The van der Waals surface area contributed by atoms with E-state index >= 15 is 0 Å². The van der Waals surface area contributed by atoms with Crippen LogP contribution < -0.4 is 5.32 Å². The molecule has 0 radical (unpaired) electrons. The second-order valence-corrected chi connectivity index (χ2v) is 6.66. The van der Waals surface area contributed by atoms with E-state index < -0.39 is 10.8 Å². The zero-order valence-corrected chi connectivity index (χ0v) is 13.7. The lowest BCUT2D eigenvalue weighted by molar-refractivity contribution is 0.0960. The van der Waals surface area contributed by atoms with Gasteiger partial charge in [0.15, 0.2) is 0 Å². The van der Waals surface area contributed by atoms with Gasteiger partial charge in [-0.25, -0.2) is 0 Å². The third-order valence-electron chi connectivity index (χ3n) is 3.56. The van der Waals surface area contributed by atoms with Crippen LogP contribution in [0.25, 0.3) is 0 Å². The highest BCUT2D eigenvalue weighted by Gasteiger charge is 2.23. The average Bonchev–Trinajstić information content (AvgIpc) is 2.59. The Morgan fingerprint density at radius 3 is 2.36 bits per heavy atom. The van der Waals surface area contributed by atoms with Crippen molar-refractivity contribution in [2.45, 2.75) is 29.9 Å². The molecule has 0 saturated carbocycles. The Hall–Kier alpha value is -1.94. The van der Waals surface area contributed by atoms with Crippen LogP contribution in [0.1, 0.15) is 40.9 Å². The van der Waals surface area contributed by atoms with E-state index in [1.807, 2.05) is 36.4 Å². The highest BCUT2D eigenvalue weighted by atomic mass is 32.2. The molecule has 0 aliphatic carbocycles. The van der Waals surface area contributed by atoms with Crippen LogP contribution in [-0.2, 0) is 10.8 Å². The van der Waals surface area contributed by atoms with Crippen LogP contribution in [0.3, 0.4) is 0 Å². The number of amides is 1. The third-order valence-corrected chi connectivity index (χ3v) is 5.37. The first-order chi connectivity index (χ1) is 10.7. The molecule has 1 N–H and O–H groups in total. The van der Waals surface area contributed by atoms with Crippen LogP contribution in [0.2, 0.25) is 0 Å². The van der Waals surface area contributed by atoms with E-state index in [2.05, 4.69) is 12.2 Å². The van der Waals surface area contributed by atoms with Crippen molar-refractivity contribution in [3.8, 4) is 0 Å². The van der Waals surface area contributed by atoms with E-state index in [9.17, 15) is 9.00 Å². The predicted molar refractivity (Wildman–Crippen MR) is 90.3 cm³/mol. The highest BCUT2D eigenvalue weighted by Crippen LogP contribution is 2.31. The fraction of sp³-hybridized carbons (Fsp3) is 0.278. The van der Waals surface area contributed by atoms with Crippen LogP contribution in [0, 0.1) is 0 Å². The molecule has 0 bridgehead atoms. The van der Waals surface area contributed by atoms with Crippen LogP contribution in [0.5, 0.6) is 0 Å². The molecule has 0 heterocycles. The molecule has 1 unspecified atom stereocenters. The molecule has 116 valence electrons. The maximum absolute atomic E-state index is 13.1. The molecule has 22 heavy (non-hydrogen) atoms. The summed E-state index contributed by atoms with van der Waals surface area (Å²) in [5.74, 6) is -0.202. The Bertz CT molecular complexity index is 655. The first-order valence-corrected chi connectivity index (χ1v) is 8.67. The highest BCUT2D eigenvalue weighted by molar-refractivity contribution is 7.85. The van der Waals surface area contributed by atoms with Gasteiger partial charge in [-0.05, 0) is 24.1 Å². The second kappa shape index (κ2) is 7.90. The Morgan fingerprint density at radius 2 is 1.73 bits per heavy atom. The SMILES string of the molecule is CCC[C@H](c1ccccc1)S(=O)c1ccccc1C(=O)NC. The molecule has 2 atom stereocenters. The molecule has 2 rings (SSSR count). The van der Waals surface area contributed by atoms with E-state index in [0.29, 0.717) is 10.5 Å². The maximum atomic E-state index is 13.1. The van der Waals surface area contributed by atoms with Gasteiger partial charge in [0, 0.05) is 7.05 Å². The quantitative estimate of drug-likeness (QED) is 0.883. The largest absolute Gasteiger partial charge is 0.355 e. The van der Waals surface area contributed by atoms with Gasteiger partial charge in [-0.15, -0.1) is 0 Å². The normalized spacial score (nSPS) is 13.4. The summed E-state index contributed by atoms with van der Waals surface area (Å²) in [6.45, 7) is 2.08. The minimum atomic E-state index is -1.27. The number of nitrogens with one attached hydrogen (secondary N) is 1. The Morgan fingerprint density at radius 1 is 1.09 bits per heavy atom. The van der Waals surface area contributed by atoms with Crippen molar-refractivity contribution in [1.82, 2.24) is 5.32 Å². The molecule has 3 nitrogen and oxygen atoms in total. The molecule has 2 aromatic rings. The van der Waals surface area contributed by atoms with Crippen LogP contribution in [-0.4, -0.2) is 17.2 Å². The summed E-state index contributed by atoms with van der Waals surface area (Å²) in [7, 11) is 0.319. The smallest absolute Gasteiger partial charge is 0.252 e. The van der Waals surface area contributed by atoms with Gasteiger partial charge in [-0.1, -0.05) is 55.8 Å². The molecule has 2 aromatic carbocycles. The molecular weight excluding hydrogens is 294 g/mol. The Labute approximate surface area is 134 Å². The number of rotatable bonds is 6. The molecule has 4 heteroatoms. The number of carbonyl (C=O) groups is 1. The topological polar surface area (TPSA) is 46.2 Å². The maximum Gasteiger partial charge on any atom is 0.252 e. The summed E-state index contributed by atoms with van der Waals surface area (Å²) in [5.41, 5.74) is 1.54. The number of benzene rings is 2. The van der Waals surface area contributed by atoms with Crippen molar-refractivity contribution >= 4 is 16.7 Å². The van der Waals surface area contributed by atoms with Crippen molar-refractivity contribution in [2.75, 3.05) is 7.05 Å². The van der Waals surface area contributed by atoms with E-state index in [1.165, 1.54) is 0 Å². The van der Waals surface area contributed by atoms with Crippen LogP contribution >= 0.6 is 0 Å². The number of hydrogen-bond acceptors (Lipinski definition) is 2. The van der Waals surface area contributed by atoms with Gasteiger partial charge < -0.3 is 5.32 Å². The van der Waals surface area contributed by atoms with Crippen LogP contribution in [0.15, 0.2) is 59.5 Å². The fourth-order valence-electron chi connectivity index (χ4n) is 2.44. The molecule has 0 aliphatic rings. The van der Waals surface area contributed by atoms with Crippen molar-refractivity contribution in [3.05, 3.63) is 65.7 Å². The molecule has 0 spiro atoms. The van der Waals surface area contributed by atoms with E-state index in [1.54, 1.807) is 25.2 Å². The first-order valence-electron chi connectivity index (χ1n) is 7.45. The average molecular weight is 315 g/mol. The molecule has 1 amide bonds. The standard InChI is InChI=1S/C18H21NO2S/c1-3-9-16(14-10-5-4-6-11-14)22(21)17-13-8-7-12-15(17)18(20)19-2/h4-8,10-13,16H,3,9H2,1-2H3,(H,19,20)/t16-,22?/m1/s1. The minimum absolute atomic E-state index is 0.1000. The predicted octanol–water partition coefficient (Wildman–Crippen LogP) is 3.70. The lowest BCUT2D eigenvalue weighted by Crippen LogP contribution is -2.20. The number of carbonyl (C=O) groups excluding carboxylic acids is 1. The van der Waals surface area contributed by atoms with Crippen molar-refractivity contribution in [2.24, 2.45) is 0 Å². The van der Waals surface area contributed by atoms with Crippen LogP contribution in [0.4, 0.5) is 0 Å². The van der Waals surface area contributed by atoms with E-state index in [-0.39, 0.29) is 11.2 Å². The Balaban J connectivity index is 2.42. The summed E-state index contributed by atoms with van der Waals surface area (Å²) in [4.78, 5) is 12.6. The summed E-state index contributed by atoms with van der Waals surface area (Å²) < 4.78 is 13.1. The fourth-order valence-corrected chi connectivity index (χ4v) is 4.20. The monoisotopic (exact) mass is 315 g/mol. The zero-order chi connectivity index (χ0) is 15.9. The second-order valence-electron chi connectivity index (χ2n) is 5.06. The van der Waals surface area contributed by atoms with E-state index in [4.69, 9.17) is 0 Å². The van der Waals surface area contributed by atoms with Gasteiger partial charge in [0.05, 0.1) is 26.5 Å². The molecular formula is C18H21NO2S. The summed E-state index contributed by atoms with van der Waals surface area (Å²) >= 11 is 0. The summed E-state index contributed by atoms with van der Waals surface area (Å²) in [6, 6.07) is 17.0. The van der Waals surface area contributed by atoms with Crippen molar-refractivity contribution in [3.63, 3.8) is 0 Å².